The van der Waals surface area contributed by atoms with E-state index in [0.29, 0.717) is 18.3 Å². The number of hydrogen-bond donors (Lipinski definition) is 2. The molecule has 1 fully saturated rings. The number of nitrogens with two attached hydrogens (primary N) is 1. The van der Waals surface area contributed by atoms with Crippen molar-refractivity contribution in [3.8, 4) is 11.5 Å². The van der Waals surface area contributed by atoms with E-state index in [9.17, 15) is 0 Å². The van der Waals surface area contributed by atoms with Crippen molar-refractivity contribution in [1.29, 1.82) is 0 Å². The summed E-state index contributed by atoms with van der Waals surface area (Å²) in [5.41, 5.74) is 6.99. The Morgan fingerprint density at radius 3 is 2.61 bits per heavy atom. The number of nitrogens with zero attached hydrogens (tertiary/aromatic N) is 1. The Balaban J connectivity index is 1.77. The van der Waals surface area contributed by atoms with Gasteiger partial charge in [-0.2, -0.15) is 0 Å². The Bertz CT molecular complexity index is 511. The first-order chi connectivity index (χ1) is 11.2. The first kappa shape index (κ1) is 17.4. The highest BCUT2D eigenvalue weighted by Gasteiger charge is 2.12. The van der Waals surface area contributed by atoms with Crippen LogP contribution in [0.3, 0.4) is 0 Å². The van der Waals surface area contributed by atoms with E-state index in [4.69, 9.17) is 15.2 Å². The average Bonchev–Trinajstić information content (AvgIpc) is 2.60. The Kier molecular flexibility index (Phi) is 7.04. The zero-order chi connectivity index (χ0) is 16.5. The van der Waals surface area contributed by atoms with Crippen LogP contribution in [0.2, 0.25) is 0 Å². The fourth-order valence-electron chi connectivity index (χ4n) is 3.09. The molecular formula is C18H29N3O2. The van der Waals surface area contributed by atoms with Gasteiger partial charge in [-0.25, -0.2) is 4.99 Å². The van der Waals surface area contributed by atoms with Crippen LogP contribution in [0.1, 0.15) is 44.1 Å². The normalized spacial score (nSPS) is 16.2. The molecule has 5 nitrogen and oxygen atoms in total. The van der Waals surface area contributed by atoms with E-state index in [2.05, 4.69) is 10.3 Å². The second-order valence-corrected chi connectivity index (χ2v) is 6.11. The molecule has 0 amide bonds. The summed E-state index contributed by atoms with van der Waals surface area (Å²) in [5.74, 6) is 2.80. The highest BCUT2D eigenvalue weighted by Crippen LogP contribution is 2.28. The molecule has 1 saturated carbocycles. The molecule has 0 aliphatic heterocycles. The second kappa shape index (κ2) is 9.28. The predicted octanol–water partition coefficient (Wildman–Crippen LogP) is 3.08. The van der Waals surface area contributed by atoms with Crippen LogP contribution in [-0.2, 0) is 6.54 Å². The molecule has 0 aromatic heterocycles. The lowest BCUT2D eigenvalue weighted by Crippen LogP contribution is -2.33. The molecule has 3 N–H and O–H groups in total. The second-order valence-electron chi connectivity index (χ2n) is 6.11. The number of rotatable bonds is 7. The molecular weight excluding hydrogens is 290 g/mol. The summed E-state index contributed by atoms with van der Waals surface area (Å²) < 4.78 is 10.5. The molecule has 1 aliphatic rings. The number of guanidine groups is 1. The van der Waals surface area contributed by atoms with Crippen molar-refractivity contribution >= 4 is 5.96 Å². The maximum absolute atomic E-state index is 5.95. The smallest absolute Gasteiger partial charge is 0.188 e. The fraction of sp³-hybridized carbons (Fsp3) is 0.611. The first-order valence-corrected chi connectivity index (χ1v) is 8.47. The zero-order valence-electron chi connectivity index (χ0n) is 14.3. The third-order valence-corrected chi connectivity index (χ3v) is 4.46. The fourth-order valence-corrected chi connectivity index (χ4v) is 3.09. The van der Waals surface area contributed by atoms with Crippen LogP contribution in [0.5, 0.6) is 11.5 Å². The molecule has 0 heterocycles. The highest BCUT2D eigenvalue weighted by atomic mass is 16.5. The van der Waals surface area contributed by atoms with Gasteiger partial charge in [-0.05, 0) is 30.0 Å². The van der Waals surface area contributed by atoms with Crippen LogP contribution in [0.15, 0.2) is 23.2 Å². The molecule has 1 aromatic carbocycles. The predicted molar refractivity (Wildman–Crippen MR) is 94.1 cm³/mol. The zero-order valence-corrected chi connectivity index (χ0v) is 14.3. The van der Waals surface area contributed by atoms with Gasteiger partial charge in [-0.1, -0.05) is 38.2 Å². The molecule has 1 aromatic rings. The quantitative estimate of drug-likeness (QED) is 0.598. The SMILES string of the molecule is COc1ccc(CN=C(N)NCCC2CCCCC2)cc1OC. The summed E-state index contributed by atoms with van der Waals surface area (Å²) in [6, 6.07) is 5.79. The average molecular weight is 319 g/mol. The van der Waals surface area contributed by atoms with Gasteiger partial charge in [0.1, 0.15) is 0 Å². The number of ether oxygens (including phenoxy) is 2. The van der Waals surface area contributed by atoms with Crippen LogP contribution in [0, 0.1) is 5.92 Å². The van der Waals surface area contributed by atoms with E-state index < -0.39 is 0 Å². The van der Waals surface area contributed by atoms with E-state index in [0.717, 1.165) is 23.8 Å². The van der Waals surface area contributed by atoms with Gasteiger partial charge >= 0.3 is 0 Å². The van der Waals surface area contributed by atoms with Crippen LogP contribution >= 0.6 is 0 Å². The van der Waals surface area contributed by atoms with Crippen molar-refractivity contribution in [2.75, 3.05) is 20.8 Å². The molecule has 5 heteroatoms. The largest absolute Gasteiger partial charge is 0.493 e. The Hall–Kier alpha value is -1.91. The van der Waals surface area contributed by atoms with E-state index in [-0.39, 0.29) is 0 Å². The molecule has 0 unspecified atom stereocenters. The molecule has 2 rings (SSSR count). The lowest BCUT2D eigenvalue weighted by molar-refractivity contribution is 0.339. The summed E-state index contributed by atoms with van der Waals surface area (Å²) in [4.78, 5) is 4.39. The van der Waals surface area contributed by atoms with Crippen LogP contribution in [-0.4, -0.2) is 26.7 Å². The van der Waals surface area contributed by atoms with Gasteiger partial charge in [-0.15, -0.1) is 0 Å². The molecule has 1 aliphatic carbocycles. The summed E-state index contributed by atoms with van der Waals surface area (Å²) in [6.45, 7) is 1.44. The maximum atomic E-state index is 5.95. The minimum atomic E-state index is 0.510. The van der Waals surface area contributed by atoms with Crippen molar-refractivity contribution in [2.45, 2.75) is 45.1 Å². The minimum Gasteiger partial charge on any atom is -0.493 e. The van der Waals surface area contributed by atoms with Crippen molar-refractivity contribution in [3.05, 3.63) is 23.8 Å². The topological polar surface area (TPSA) is 68.9 Å². The van der Waals surface area contributed by atoms with Crippen molar-refractivity contribution in [1.82, 2.24) is 5.32 Å². The molecule has 0 radical (unpaired) electrons. The monoisotopic (exact) mass is 319 g/mol. The van der Waals surface area contributed by atoms with Crippen molar-refractivity contribution < 1.29 is 9.47 Å². The van der Waals surface area contributed by atoms with Gasteiger partial charge in [0.2, 0.25) is 0 Å². The standard InChI is InChI=1S/C18H29N3O2/c1-22-16-9-8-15(12-17(16)23-2)13-21-18(19)20-11-10-14-6-4-3-5-7-14/h8-9,12,14H,3-7,10-11,13H2,1-2H3,(H3,19,20,21). The Labute approximate surface area is 139 Å². The molecule has 0 saturated heterocycles. The molecule has 0 bridgehead atoms. The molecule has 128 valence electrons. The summed E-state index contributed by atoms with van der Waals surface area (Å²) in [5, 5.41) is 3.22. The number of hydrogen-bond acceptors (Lipinski definition) is 3. The number of aliphatic imine (C=N–C) groups is 1. The minimum absolute atomic E-state index is 0.510. The van der Waals surface area contributed by atoms with Crippen LogP contribution in [0.4, 0.5) is 0 Å². The molecule has 0 atom stereocenters. The van der Waals surface area contributed by atoms with Gasteiger partial charge < -0.3 is 20.5 Å². The van der Waals surface area contributed by atoms with Crippen molar-refractivity contribution in [2.24, 2.45) is 16.6 Å². The van der Waals surface area contributed by atoms with Crippen LogP contribution in [0.25, 0.3) is 0 Å². The number of methoxy groups -OCH3 is 2. The van der Waals surface area contributed by atoms with E-state index in [1.807, 2.05) is 18.2 Å². The van der Waals surface area contributed by atoms with Crippen molar-refractivity contribution in [3.63, 3.8) is 0 Å². The molecule has 0 spiro atoms. The summed E-state index contributed by atoms with van der Waals surface area (Å²) in [7, 11) is 3.26. The van der Waals surface area contributed by atoms with Gasteiger partial charge in [0.15, 0.2) is 17.5 Å². The maximum Gasteiger partial charge on any atom is 0.188 e. The lowest BCUT2D eigenvalue weighted by Gasteiger charge is -2.21. The third-order valence-electron chi connectivity index (χ3n) is 4.46. The summed E-state index contributed by atoms with van der Waals surface area (Å²) in [6.07, 6.45) is 8.08. The van der Waals surface area contributed by atoms with Crippen LogP contribution < -0.4 is 20.5 Å². The molecule has 23 heavy (non-hydrogen) atoms. The highest BCUT2D eigenvalue weighted by molar-refractivity contribution is 5.77. The summed E-state index contributed by atoms with van der Waals surface area (Å²) >= 11 is 0. The first-order valence-electron chi connectivity index (χ1n) is 8.47. The Morgan fingerprint density at radius 2 is 1.91 bits per heavy atom. The number of benzene rings is 1. The van der Waals surface area contributed by atoms with E-state index >= 15 is 0 Å². The number of nitrogens with one attached hydrogen (secondary N) is 1. The van der Waals surface area contributed by atoms with Gasteiger partial charge in [0, 0.05) is 6.54 Å². The van der Waals surface area contributed by atoms with E-state index in [1.165, 1.54) is 38.5 Å². The van der Waals surface area contributed by atoms with E-state index in [1.54, 1.807) is 14.2 Å². The Morgan fingerprint density at radius 1 is 1.17 bits per heavy atom. The van der Waals surface area contributed by atoms with Gasteiger partial charge in [0.05, 0.1) is 20.8 Å². The van der Waals surface area contributed by atoms with Gasteiger partial charge in [0.25, 0.3) is 0 Å². The van der Waals surface area contributed by atoms with Gasteiger partial charge in [-0.3, -0.25) is 0 Å². The lowest BCUT2D eigenvalue weighted by atomic mass is 9.87. The third kappa shape index (κ3) is 5.66.